The molecule has 0 bridgehead atoms. The van der Waals surface area contributed by atoms with Gasteiger partial charge in [0.1, 0.15) is 5.82 Å². The first-order valence-electron chi connectivity index (χ1n) is 12.3. The summed E-state index contributed by atoms with van der Waals surface area (Å²) < 4.78 is 14.3. The highest BCUT2D eigenvalue weighted by Gasteiger charge is 2.42. The highest BCUT2D eigenvalue weighted by Crippen LogP contribution is 2.53. The summed E-state index contributed by atoms with van der Waals surface area (Å²) in [6.07, 6.45) is 9.84. The van der Waals surface area contributed by atoms with E-state index in [0.717, 1.165) is 35.8 Å². The molecule has 2 heteroatoms. The van der Waals surface area contributed by atoms with E-state index in [1.54, 1.807) is 6.07 Å². The molecular formula is C29H38FN. The second-order valence-corrected chi connectivity index (χ2v) is 9.96. The summed E-state index contributed by atoms with van der Waals surface area (Å²) >= 11 is 0. The number of piperidine rings is 1. The average Bonchev–Trinajstić information content (AvgIpc) is 2.79. The standard InChI is InChI=1S/C29H38FN/c1-4-10-23-19-25(24-11-7-6-8-12-24)21-29(20-23)15-17-31(18-16-29)22(3)27-13-9-14-28(30)26(27)5-2/h6-9,11-14,23,25H,3-5,10,15-21H2,1-2H3. The van der Waals surface area contributed by atoms with Crippen LogP contribution in [0.25, 0.3) is 5.70 Å². The summed E-state index contributed by atoms with van der Waals surface area (Å²) in [5.41, 5.74) is 4.78. The minimum atomic E-state index is -0.102. The van der Waals surface area contributed by atoms with Crippen LogP contribution in [0.2, 0.25) is 0 Å². The summed E-state index contributed by atoms with van der Waals surface area (Å²) in [5, 5.41) is 0. The van der Waals surface area contributed by atoms with E-state index in [1.165, 1.54) is 50.5 Å². The summed E-state index contributed by atoms with van der Waals surface area (Å²) in [6, 6.07) is 16.6. The Morgan fingerprint density at radius 1 is 1.03 bits per heavy atom. The molecule has 0 aromatic heterocycles. The smallest absolute Gasteiger partial charge is 0.127 e. The minimum Gasteiger partial charge on any atom is -0.371 e. The Morgan fingerprint density at radius 2 is 1.77 bits per heavy atom. The predicted octanol–water partition coefficient (Wildman–Crippen LogP) is 7.83. The van der Waals surface area contributed by atoms with E-state index < -0.39 is 0 Å². The third-order valence-corrected chi connectivity index (χ3v) is 7.98. The van der Waals surface area contributed by atoms with Crippen molar-refractivity contribution in [3.05, 3.63) is 77.6 Å². The molecule has 4 rings (SSSR count). The Labute approximate surface area is 188 Å². The Bertz CT molecular complexity index is 879. The maximum absolute atomic E-state index is 14.3. The zero-order valence-electron chi connectivity index (χ0n) is 19.4. The lowest BCUT2D eigenvalue weighted by atomic mass is 9.59. The molecule has 2 unspecified atom stereocenters. The van der Waals surface area contributed by atoms with Gasteiger partial charge in [-0.25, -0.2) is 4.39 Å². The molecule has 0 radical (unpaired) electrons. The number of benzene rings is 2. The fourth-order valence-corrected chi connectivity index (χ4v) is 6.41. The molecule has 31 heavy (non-hydrogen) atoms. The molecule has 1 aliphatic heterocycles. The number of likely N-dealkylation sites (tertiary alicyclic amines) is 1. The van der Waals surface area contributed by atoms with E-state index in [4.69, 9.17) is 0 Å². The van der Waals surface area contributed by atoms with Gasteiger partial charge in [0.25, 0.3) is 0 Å². The van der Waals surface area contributed by atoms with Crippen LogP contribution in [0.3, 0.4) is 0 Å². The van der Waals surface area contributed by atoms with E-state index >= 15 is 0 Å². The molecule has 0 N–H and O–H groups in total. The van der Waals surface area contributed by atoms with Crippen LogP contribution in [-0.4, -0.2) is 18.0 Å². The lowest BCUT2D eigenvalue weighted by Crippen LogP contribution is -2.43. The molecule has 1 heterocycles. The SMILES string of the molecule is C=C(c1cccc(F)c1CC)N1CCC2(CC1)CC(CCC)CC(c1ccccc1)C2. The van der Waals surface area contributed by atoms with Crippen LogP contribution < -0.4 is 0 Å². The Morgan fingerprint density at radius 3 is 2.45 bits per heavy atom. The van der Waals surface area contributed by atoms with Crippen molar-refractivity contribution >= 4 is 5.70 Å². The van der Waals surface area contributed by atoms with Crippen LogP contribution in [0.15, 0.2) is 55.1 Å². The van der Waals surface area contributed by atoms with Gasteiger partial charge in [0.05, 0.1) is 0 Å². The molecule has 0 amide bonds. The van der Waals surface area contributed by atoms with Gasteiger partial charge < -0.3 is 4.90 Å². The average molecular weight is 420 g/mol. The maximum Gasteiger partial charge on any atom is 0.127 e. The zero-order valence-corrected chi connectivity index (χ0v) is 19.4. The van der Waals surface area contributed by atoms with Gasteiger partial charge in [-0.2, -0.15) is 0 Å². The van der Waals surface area contributed by atoms with Crippen molar-refractivity contribution in [1.29, 1.82) is 0 Å². The van der Waals surface area contributed by atoms with Gasteiger partial charge in [-0.15, -0.1) is 0 Å². The Hall–Kier alpha value is -2.09. The molecule has 166 valence electrons. The van der Waals surface area contributed by atoms with Crippen molar-refractivity contribution in [1.82, 2.24) is 4.90 Å². The second-order valence-electron chi connectivity index (χ2n) is 9.96. The molecule has 2 atom stereocenters. The topological polar surface area (TPSA) is 3.24 Å². The molecule has 2 aliphatic rings. The molecule has 1 spiro atoms. The third-order valence-electron chi connectivity index (χ3n) is 7.98. The zero-order chi connectivity index (χ0) is 21.8. The lowest BCUT2D eigenvalue weighted by molar-refractivity contribution is 0.0510. The molecule has 2 fully saturated rings. The maximum atomic E-state index is 14.3. The number of hydrogen-bond donors (Lipinski definition) is 0. The summed E-state index contributed by atoms with van der Waals surface area (Å²) in [6.45, 7) is 10.8. The van der Waals surface area contributed by atoms with Gasteiger partial charge in [0.15, 0.2) is 0 Å². The first-order chi connectivity index (χ1) is 15.0. The van der Waals surface area contributed by atoms with Crippen LogP contribution in [0.5, 0.6) is 0 Å². The highest BCUT2D eigenvalue weighted by atomic mass is 19.1. The highest BCUT2D eigenvalue weighted by molar-refractivity contribution is 5.65. The third kappa shape index (κ3) is 4.73. The quantitative estimate of drug-likeness (QED) is 0.461. The van der Waals surface area contributed by atoms with E-state index in [2.05, 4.69) is 48.7 Å². The van der Waals surface area contributed by atoms with Gasteiger partial charge in [-0.3, -0.25) is 0 Å². The summed E-state index contributed by atoms with van der Waals surface area (Å²) in [4.78, 5) is 2.42. The van der Waals surface area contributed by atoms with Crippen molar-refractivity contribution in [3.63, 3.8) is 0 Å². The van der Waals surface area contributed by atoms with Crippen LogP contribution in [0.4, 0.5) is 4.39 Å². The summed E-state index contributed by atoms with van der Waals surface area (Å²) in [7, 11) is 0. The fraction of sp³-hybridized carbons (Fsp3) is 0.517. The normalized spacial score (nSPS) is 23.1. The molecule has 1 aliphatic carbocycles. The van der Waals surface area contributed by atoms with E-state index in [1.807, 2.05) is 19.1 Å². The predicted molar refractivity (Wildman–Crippen MR) is 129 cm³/mol. The van der Waals surface area contributed by atoms with Gasteiger partial charge in [-0.1, -0.05) is 75.7 Å². The number of halogens is 1. The molecule has 2 aromatic rings. The molecule has 2 aromatic carbocycles. The largest absolute Gasteiger partial charge is 0.371 e. The van der Waals surface area contributed by atoms with Gasteiger partial charge in [0.2, 0.25) is 0 Å². The van der Waals surface area contributed by atoms with Crippen molar-refractivity contribution < 1.29 is 4.39 Å². The van der Waals surface area contributed by atoms with E-state index in [0.29, 0.717) is 17.8 Å². The van der Waals surface area contributed by atoms with Gasteiger partial charge >= 0.3 is 0 Å². The van der Waals surface area contributed by atoms with Crippen LogP contribution >= 0.6 is 0 Å². The minimum absolute atomic E-state index is 0.102. The van der Waals surface area contributed by atoms with Crippen LogP contribution in [0.1, 0.15) is 81.4 Å². The number of rotatable bonds is 6. The molecular weight excluding hydrogens is 381 g/mol. The number of hydrogen-bond acceptors (Lipinski definition) is 1. The van der Waals surface area contributed by atoms with Crippen LogP contribution in [0, 0.1) is 17.2 Å². The lowest BCUT2D eigenvalue weighted by Gasteiger charge is -2.50. The summed E-state index contributed by atoms with van der Waals surface area (Å²) in [5.74, 6) is 1.43. The Kier molecular flexibility index (Phi) is 6.84. The van der Waals surface area contributed by atoms with Crippen molar-refractivity contribution in [2.75, 3.05) is 13.1 Å². The molecule has 1 nitrogen and oxygen atoms in total. The van der Waals surface area contributed by atoms with E-state index in [-0.39, 0.29) is 5.82 Å². The van der Waals surface area contributed by atoms with Gasteiger partial charge in [0, 0.05) is 24.4 Å². The molecule has 1 saturated heterocycles. The fourth-order valence-electron chi connectivity index (χ4n) is 6.41. The monoisotopic (exact) mass is 419 g/mol. The number of nitrogens with zero attached hydrogens (tertiary/aromatic N) is 1. The van der Waals surface area contributed by atoms with Gasteiger partial charge in [-0.05, 0) is 73.0 Å². The van der Waals surface area contributed by atoms with Crippen LogP contribution in [-0.2, 0) is 6.42 Å². The Balaban J connectivity index is 1.49. The van der Waals surface area contributed by atoms with Crippen molar-refractivity contribution in [3.8, 4) is 0 Å². The second kappa shape index (κ2) is 9.59. The first kappa shape index (κ1) is 22.1. The molecule has 1 saturated carbocycles. The van der Waals surface area contributed by atoms with E-state index in [9.17, 15) is 4.39 Å². The van der Waals surface area contributed by atoms with Crippen molar-refractivity contribution in [2.45, 2.75) is 71.1 Å². The van der Waals surface area contributed by atoms with Crippen molar-refractivity contribution in [2.24, 2.45) is 11.3 Å². The first-order valence-corrected chi connectivity index (χ1v) is 12.3.